The minimum atomic E-state index is -0.469. The quantitative estimate of drug-likeness (QED) is 0.782. The zero-order valence-corrected chi connectivity index (χ0v) is 15.5. The van der Waals surface area contributed by atoms with Crippen LogP contribution in [-0.2, 0) is 6.54 Å². The SMILES string of the molecule is COc1cc(CN2CCC2)ccc1OCC(O)CN1CCCCCC1. The maximum absolute atomic E-state index is 10.3. The molecule has 2 aliphatic heterocycles. The fourth-order valence-corrected chi connectivity index (χ4v) is 3.58. The van der Waals surface area contributed by atoms with Crippen LogP contribution in [0.4, 0.5) is 0 Å². The van der Waals surface area contributed by atoms with E-state index in [-0.39, 0.29) is 0 Å². The molecule has 2 fully saturated rings. The lowest BCUT2D eigenvalue weighted by Gasteiger charge is -2.30. The maximum atomic E-state index is 10.3. The van der Waals surface area contributed by atoms with Crippen molar-refractivity contribution in [3.63, 3.8) is 0 Å². The van der Waals surface area contributed by atoms with Crippen LogP contribution in [0.3, 0.4) is 0 Å². The van der Waals surface area contributed by atoms with Gasteiger partial charge in [0.1, 0.15) is 12.7 Å². The molecule has 2 heterocycles. The lowest BCUT2D eigenvalue weighted by atomic mass is 10.1. The van der Waals surface area contributed by atoms with Crippen molar-refractivity contribution < 1.29 is 14.6 Å². The van der Waals surface area contributed by atoms with Crippen molar-refractivity contribution in [1.82, 2.24) is 9.80 Å². The molecule has 5 nitrogen and oxygen atoms in total. The summed E-state index contributed by atoms with van der Waals surface area (Å²) in [5.74, 6) is 1.46. The zero-order valence-electron chi connectivity index (χ0n) is 15.5. The molecule has 2 saturated heterocycles. The van der Waals surface area contributed by atoms with E-state index in [1.165, 1.54) is 50.8 Å². The predicted molar refractivity (Wildman–Crippen MR) is 99.3 cm³/mol. The van der Waals surface area contributed by atoms with Gasteiger partial charge in [0.25, 0.3) is 0 Å². The third-order valence-electron chi connectivity index (χ3n) is 5.18. The number of nitrogens with zero attached hydrogens (tertiary/aromatic N) is 2. The Morgan fingerprint density at radius 1 is 0.960 bits per heavy atom. The second-order valence-electron chi connectivity index (χ2n) is 7.29. The third kappa shape index (κ3) is 5.59. The van der Waals surface area contributed by atoms with Crippen molar-refractivity contribution >= 4 is 0 Å². The highest BCUT2D eigenvalue weighted by atomic mass is 16.5. The monoisotopic (exact) mass is 348 g/mol. The van der Waals surface area contributed by atoms with Crippen LogP contribution in [-0.4, -0.2) is 67.5 Å². The van der Waals surface area contributed by atoms with Gasteiger partial charge in [0, 0.05) is 13.1 Å². The first-order valence-corrected chi connectivity index (χ1v) is 9.67. The molecule has 3 rings (SSSR count). The number of β-amino-alcohol motifs (C(OH)–C–C–N with tert-alkyl or cyclic N) is 1. The first-order valence-electron chi connectivity index (χ1n) is 9.67. The van der Waals surface area contributed by atoms with Crippen LogP contribution >= 0.6 is 0 Å². The fourth-order valence-electron chi connectivity index (χ4n) is 3.58. The van der Waals surface area contributed by atoms with Crippen molar-refractivity contribution in [2.45, 2.75) is 44.8 Å². The number of ether oxygens (including phenoxy) is 2. The van der Waals surface area contributed by atoms with Crippen LogP contribution < -0.4 is 9.47 Å². The van der Waals surface area contributed by atoms with Crippen LogP contribution in [0.1, 0.15) is 37.7 Å². The molecule has 0 aromatic heterocycles. The molecule has 0 saturated carbocycles. The molecule has 140 valence electrons. The number of benzene rings is 1. The number of hydrogen-bond acceptors (Lipinski definition) is 5. The Labute approximate surface area is 151 Å². The van der Waals surface area contributed by atoms with E-state index in [1.54, 1.807) is 7.11 Å². The van der Waals surface area contributed by atoms with E-state index in [1.807, 2.05) is 6.07 Å². The standard InChI is InChI=1S/C20H32N2O3/c1-24-20-13-17(14-21-11-6-12-21)7-8-19(20)25-16-18(23)15-22-9-4-2-3-5-10-22/h7-8,13,18,23H,2-6,9-12,14-16H2,1H3. The molecule has 0 aliphatic carbocycles. The van der Waals surface area contributed by atoms with Crippen LogP contribution in [0.25, 0.3) is 0 Å². The molecule has 1 aromatic rings. The molecule has 1 unspecified atom stereocenters. The van der Waals surface area contributed by atoms with Crippen LogP contribution in [0.5, 0.6) is 11.5 Å². The Hall–Kier alpha value is -1.30. The first kappa shape index (κ1) is 18.5. The van der Waals surface area contributed by atoms with Crippen molar-refractivity contribution in [2.24, 2.45) is 0 Å². The van der Waals surface area contributed by atoms with Crippen molar-refractivity contribution in [3.8, 4) is 11.5 Å². The molecule has 2 aliphatic rings. The molecule has 1 aromatic carbocycles. The summed E-state index contributed by atoms with van der Waals surface area (Å²) in [5, 5.41) is 10.3. The molecule has 5 heteroatoms. The zero-order chi connectivity index (χ0) is 17.5. The van der Waals surface area contributed by atoms with Crippen molar-refractivity contribution in [3.05, 3.63) is 23.8 Å². The summed E-state index contributed by atoms with van der Waals surface area (Å²) in [7, 11) is 1.67. The van der Waals surface area contributed by atoms with Gasteiger partial charge in [0.15, 0.2) is 11.5 Å². The summed E-state index contributed by atoms with van der Waals surface area (Å²) in [4.78, 5) is 4.77. The van der Waals surface area contributed by atoms with Gasteiger partial charge in [0.05, 0.1) is 7.11 Å². The summed E-state index contributed by atoms with van der Waals surface area (Å²) in [6.07, 6.45) is 5.92. The Morgan fingerprint density at radius 3 is 2.32 bits per heavy atom. The summed E-state index contributed by atoms with van der Waals surface area (Å²) in [6, 6.07) is 6.11. The number of likely N-dealkylation sites (tertiary alicyclic amines) is 2. The normalized spacial score (nSPS) is 20.6. The average molecular weight is 348 g/mol. The summed E-state index contributed by atoms with van der Waals surface area (Å²) in [6.45, 7) is 6.51. The minimum Gasteiger partial charge on any atom is -0.493 e. The highest BCUT2D eigenvalue weighted by Gasteiger charge is 2.17. The Bertz CT molecular complexity index is 526. The Morgan fingerprint density at radius 2 is 1.68 bits per heavy atom. The number of aliphatic hydroxyl groups excluding tert-OH is 1. The maximum Gasteiger partial charge on any atom is 0.161 e. The number of hydrogen-bond donors (Lipinski definition) is 1. The molecule has 0 amide bonds. The van der Waals surface area contributed by atoms with Crippen LogP contribution in [0.2, 0.25) is 0 Å². The number of methoxy groups -OCH3 is 1. The van der Waals surface area contributed by atoms with Crippen molar-refractivity contribution in [2.75, 3.05) is 46.4 Å². The van der Waals surface area contributed by atoms with Gasteiger partial charge in [-0.05, 0) is 63.1 Å². The molecule has 0 bridgehead atoms. The molecular formula is C20H32N2O3. The topological polar surface area (TPSA) is 45.2 Å². The molecular weight excluding hydrogens is 316 g/mol. The number of rotatable bonds is 8. The first-order chi connectivity index (χ1) is 12.2. The highest BCUT2D eigenvalue weighted by molar-refractivity contribution is 5.43. The van der Waals surface area contributed by atoms with E-state index in [0.717, 1.165) is 25.4 Å². The van der Waals surface area contributed by atoms with Crippen LogP contribution in [0, 0.1) is 0 Å². The third-order valence-corrected chi connectivity index (χ3v) is 5.18. The van der Waals surface area contributed by atoms with Crippen molar-refractivity contribution in [1.29, 1.82) is 0 Å². The summed E-state index contributed by atoms with van der Waals surface area (Å²) >= 11 is 0. The summed E-state index contributed by atoms with van der Waals surface area (Å²) < 4.78 is 11.3. The van der Waals surface area contributed by atoms with Gasteiger partial charge in [-0.3, -0.25) is 4.90 Å². The van der Waals surface area contributed by atoms with Gasteiger partial charge in [-0.15, -0.1) is 0 Å². The van der Waals surface area contributed by atoms with Crippen LogP contribution in [0.15, 0.2) is 18.2 Å². The van der Waals surface area contributed by atoms with Gasteiger partial charge < -0.3 is 19.5 Å². The largest absolute Gasteiger partial charge is 0.493 e. The smallest absolute Gasteiger partial charge is 0.161 e. The molecule has 1 atom stereocenters. The van der Waals surface area contributed by atoms with E-state index < -0.39 is 6.10 Å². The lowest BCUT2D eigenvalue weighted by molar-refractivity contribution is 0.0683. The van der Waals surface area contributed by atoms with Gasteiger partial charge in [-0.2, -0.15) is 0 Å². The number of aliphatic hydroxyl groups is 1. The predicted octanol–water partition coefficient (Wildman–Crippen LogP) is 2.52. The van der Waals surface area contributed by atoms with Gasteiger partial charge >= 0.3 is 0 Å². The van der Waals surface area contributed by atoms with E-state index in [4.69, 9.17) is 9.47 Å². The van der Waals surface area contributed by atoms with Gasteiger partial charge in [0.2, 0.25) is 0 Å². The average Bonchev–Trinajstić information content (AvgIpc) is 2.85. The second kappa shape index (κ2) is 9.41. The van der Waals surface area contributed by atoms with E-state index in [0.29, 0.717) is 18.9 Å². The summed E-state index contributed by atoms with van der Waals surface area (Å²) in [5.41, 5.74) is 1.24. The Kier molecular flexibility index (Phi) is 6.96. The second-order valence-corrected chi connectivity index (χ2v) is 7.29. The lowest BCUT2D eigenvalue weighted by Crippen LogP contribution is -2.36. The Balaban J connectivity index is 1.49. The van der Waals surface area contributed by atoms with Gasteiger partial charge in [-0.1, -0.05) is 18.9 Å². The van der Waals surface area contributed by atoms with Gasteiger partial charge in [-0.25, -0.2) is 0 Å². The fraction of sp³-hybridized carbons (Fsp3) is 0.700. The van der Waals surface area contributed by atoms with E-state index in [9.17, 15) is 5.11 Å². The highest BCUT2D eigenvalue weighted by Crippen LogP contribution is 2.29. The van der Waals surface area contributed by atoms with E-state index >= 15 is 0 Å². The van der Waals surface area contributed by atoms with E-state index in [2.05, 4.69) is 21.9 Å². The molecule has 1 N–H and O–H groups in total. The molecule has 0 spiro atoms. The molecule has 0 radical (unpaired) electrons. The molecule has 25 heavy (non-hydrogen) atoms. The minimum absolute atomic E-state index is 0.304.